The van der Waals surface area contributed by atoms with Gasteiger partial charge in [0.15, 0.2) is 23.0 Å². The molecule has 0 unspecified atom stereocenters. The zero-order valence-corrected chi connectivity index (χ0v) is 33.2. The number of aryl methyl sites for hydroxylation is 2. The van der Waals surface area contributed by atoms with Crippen LogP contribution in [0.1, 0.15) is 58.0 Å². The molecule has 4 aromatic rings. The lowest BCUT2D eigenvalue weighted by atomic mass is 9.97. The van der Waals surface area contributed by atoms with E-state index in [4.69, 9.17) is 17.2 Å². The SMILES string of the molecule is Cc1cc(Nc2nc(N3CCC(CN)CC3)cnc2C(N)=O)sn1.Cc1cc(Nc2nc(N3CCC(CNC(=O)N(C)C)CC3)cnc2C(N)=O)sn1.Cl. The van der Waals surface area contributed by atoms with Crippen molar-refractivity contribution in [3.63, 3.8) is 0 Å². The van der Waals surface area contributed by atoms with Crippen molar-refractivity contribution in [3.8, 4) is 0 Å². The lowest BCUT2D eigenvalue weighted by molar-refractivity contribution is 0.0987. The number of aromatic nitrogens is 6. The molecule has 0 saturated carbocycles. The zero-order chi connectivity index (χ0) is 38.1. The molecule has 0 radical (unpaired) electrons. The van der Waals surface area contributed by atoms with Crippen molar-refractivity contribution < 1.29 is 14.4 Å². The Kier molecular flexibility index (Phi) is 15.0. The number of amides is 4. The summed E-state index contributed by atoms with van der Waals surface area (Å²) in [4.78, 5) is 58.5. The molecule has 0 spiro atoms. The van der Waals surface area contributed by atoms with Gasteiger partial charge in [0.1, 0.15) is 21.6 Å². The van der Waals surface area contributed by atoms with Crippen molar-refractivity contribution in [1.82, 2.24) is 38.9 Å². The summed E-state index contributed by atoms with van der Waals surface area (Å²) in [6.07, 6.45) is 7.12. The van der Waals surface area contributed by atoms with Crippen molar-refractivity contribution in [2.45, 2.75) is 39.5 Å². The summed E-state index contributed by atoms with van der Waals surface area (Å²) in [5, 5.41) is 10.7. The Bertz CT molecular complexity index is 1870. The van der Waals surface area contributed by atoms with E-state index in [1.165, 1.54) is 28.0 Å². The van der Waals surface area contributed by atoms with E-state index in [2.05, 4.69) is 54.4 Å². The van der Waals surface area contributed by atoms with Crippen LogP contribution in [0.25, 0.3) is 0 Å². The number of hydrogen-bond donors (Lipinski definition) is 6. The number of anilines is 6. The van der Waals surface area contributed by atoms with Gasteiger partial charge in [0.2, 0.25) is 0 Å². The second-order valence-corrected chi connectivity index (χ2v) is 14.8. The maximum atomic E-state index is 11.7. The van der Waals surface area contributed by atoms with Crippen LogP contribution < -0.4 is 43.0 Å². The van der Waals surface area contributed by atoms with E-state index in [0.29, 0.717) is 35.8 Å². The highest BCUT2D eigenvalue weighted by molar-refractivity contribution is 7.10. The number of halogens is 1. The maximum Gasteiger partial charge on any atom is 0.316 e. The third kappa shape index (κ3) is 11.3. The predicted molar refractivity (Wildman–Crippen MR) is 215 cm³/mol. The molecule has 21 heteroatoms. The number of piperidine rings is 2. The first-order valence-corrected chi connectivity index (χ1v) is 18.8. The van der Waals surface area contributed by atoms with Crippen LogP contribution >= 0.6 is 35.5 Å². The fourth-order valence-corrected chi connectivity index (χ4v) is 7.15. The van der Waals surface area contributed by atoms with Gasteiger partial charge in [0, 0.05) is 46.8 Å². The van der Waals surface area contributed by atoms with Gasteiger partial charge in [-0.05, 0) is 93.1 Å². The molecule has 6 heterocycles. The van der Waals surface area contributed by atoms with E-state index in [0.717, 1.165) is 85.6 Å². The molecule has 2 saturated heterocycles. The van der Waals surface area contributed by atoms with Gasteiger partial charge in [-0.25, -0.2) is 24.7 Å². The number of primary amides is 2. The first kappa shape index (κ1) is 41.8. The Morgan fingerprint density at radius 2 is 1.20 bits per heavy atom. The fourth-order valence-electron chi connectivity index (χ4n) is 5.83. The Hall–Kier alpha value is -4.92. The number of nitrogens with two attached hydrogens (primary N) is 3. The molecular formula is C33H48ClN15O3S2. The standard InChI is InChI=1S/C18H26N8O2S.C15H21N7OS.ClH/c1-11-8-14(29-24-11)23-17-15(16(19)27)20-10-13(22-17)26-6-4-12(5-7-26)9-21-18(28)25(2)3;1-9-6-12(24-21-9)20-15-13(14(17)23)18-8-11(19-15)22-4-2-10(7-16)3-5-22;/h8,10,12H,4-7,9H2,1-3H3,(H2,19,27)(H,21,28)(H,22,23);6,8,10H,2-5,7,16H2,1H3,(H2,17,23)(H,19,20);1H. The number of carbonyl (C=O) groups is 3. The van der Waals surface area contributed by atoms with Gasteiger partial charge in [-0.2, -0.15) is 8.75 Å². The third-order valence-electron chi connectivity index (χ3n) is 8.88. The second kappa shape index (κ2) is 19.4. The van der Waals surface area contributed by atoms with Crippen LogP contribution in [-0.2, 0) is 0 Å². The van der Waals surface area contributed by atoms with Gasteiger partial charge >= 0.3 is 6.03 Å². The normalized spacial score (nSPS) is 14.7. The summed E-state index contributed by atoms with van der Waals surface area (Å²) in [6, 6.07) is 3.68. The summed E-state index contributed by atoms with van der Waals surface area (Å²) >= 11 is 2.58. The van der Waals surface area contributed by atoms with Gasteiger partial charge in [-0.15, -0.1) is 12.4 Å². The lowest BCUT2D eigenvalue weighted by Gasteiger charge is -2.33. The molecular weight excluding hydrogens is 754 g/mol. The smallest absolute Gasteiger partial charge is 0.316 e. The monoisotopic (exact) mass is 801 g/mol. The molecule has 54 heavy (non-hydrogen) atoms. The fraction of sp³-hybridized carbons (Fsp3) is 0.485. The Morgan fingerprint density at radius 3 is 1.56 bits per heavy atom. The van der Waals surface area contributed by atoms with Gasteiger partial charge < -0.3 is 47.9 Å². The molecule has 0 aliphatic carbocycles. The Balaban J connectivity index is 0.000000240. The number of nitrogens with zero attached hydrogens (tertiary/aromatic N) is 9. The first-order chi connectivity index (χ1) is 25.4. The number of hydrogen-bond acceptors (Lipinski definition) is 16. The molecule has 2 aliphatic rings. The highest BCUT2D eigenvalue weighted by Gasteiger charge is 2.24. The number of urea groups is 1. The quantitative estimate of drug-likeness (QED) is 0.127. The minimum Gasteiger partial charge on any atom is -0.364 e. The molecule has 6 rings (SSSR count). The minimum absolute atomic E-state index is 0. The van der Waals surface area contributed by atoms with Gasteiger partial charge in [-0.3, -0.25) is 9.59 Å². The van der Waals surface area contributed by atoms with Crippen LogP contribution in [-0.4, -0.2) is 105 Å². The zero-order valence-electron chi connectivity index (χ0n) is 30.7. The Morgan fingerprint density at radius 1 is 0.778 bits per heavy atom. The van der Waals surface area contributed by atoms with Gasteiger partial charge in [0.05, 0.1) is 23.8 Å². The molecule has 0 atom stereocenters. The van der Waals surface area contributed by atoms with Crippen molar-refractivity contribution in [1.29, 1.82) is 0 Å². The van der Waals surface area contributed by atoms with Gasteiger partial charge in [0.25, 0.3) is 11.8 Å². The van der Waals surface area contributed by atoms with Crippen molar-refractivity contribution in [3.05, 3.63) is 47.3 Å². The van der Waals surface area contributed by atoms with E-state index in [9.17, 15) is 14.4 Å². The van der Waals surface area contributed by atoms with E-state index in [1.807, 2.05) is 26.0 Å². The lowest BCUT2D eigenvalue weighted by Crippen LogP contribution is -2.41. The molecule has 9 N–H and O–H groups in total. The van der Waals surface area contributed by atoms with Crippen LogP contribution in [0.5, 0.6) is 0 Å². The maximum absolute atomic E-state index is 11.7. The van der Waals surface area contributed by atoms with Crippen molar-refractivity contribution >= 4 is 86.6 Å². The van der Waals surface area contributed by atoms with E-state index >= 15 is 0 Å². The van der Waals surface area contributed by atoms with Crippen LogP contribution in [0.3, 0.4) is 0 Å². The molecule has 18 nitrogen and oxygen atoms in total. The summed E-state index contributed by atoms with van der Waals surface area (Å²) in [7, 11) is 3.46. The van der Waals surface area contributed by atoms with Crippen LogP contribution in [0.2, 0.25) is 0 Å². The van der Waals surface area contributed by atoms with E-state index in [-0.39, 0.29) is 29.8 Å². The average molecular weight is 802 g/mol. The molecule has 0 aromatic carbocycles. The van der Waals surface area contributed by atoms with E-state index < -0.39 is 11.8 Å². The number of nitrogens with one attached hydrogen (secondary N) is 3. The highest BCUT2D eigenvalue weighted by Crippen LogP contribution is 2.28. The largest absolute Gasteiger partial charge is 0.364 e. The molecule has 4 amide bonds. The van der Waals surface area contributed by atoms with E-state index in [1.54, 1.807) is 26.5 Å². The summed E-state index contributed by atoms with van der Waals surface area (Å²) in [5.41, 5.74) is 18.6. The molecule has 2 fully saturated rings. The average Bonchev–Trinajstić information content (AvgIpc) is 3.76. The summed E-state index contributed by atoms with van der Waals surface area (Å²) in [6.45, 7) is 8.53. The first-order valence-electron chi connectivity index (χ1n) is 17.3. The second-order valence-electron chi connectivity index (χ2n) is 13.2. The number of carbonyl (C=O) groups excluding carboxylic acids is 3. The van der Waals surface area contributed by atoms with Crippen LogP contribution in [0.15, 0.2) is 24.5 Å². The molecule has 0 bridgehead atoms. The number of rotatable bonds is 11. The van der Waals surface area contributed by atoms with Crippen molar-refractivity contribution in [2.75, 3.05) is 73.8 Å². The van der Waals surface area contributed by atoms with Crippen LogP contribution in [0, 0.1) is 25.7 Å². The Labute approximate surface area is 328 Å². The third-order valence-corrected chi connectivity index (χ3v) is 10.5. The summed E-state index contributed by atoms with van der Waals surface area (Å²) < 4.78 is 8.43. The molecule has 4 aromatic heterocycles. The van der Waals surface area contributed by atoms with Crippen LogP contribution in [0.4, 0.5) is 38.1 Å². The summed E-state index contributed by atoms with van der Waals surface area (Å²) in [5.74, 6) is 1.86. The minimum atomic E-state index is -0.636. The van der Waals surface area contributed by atoms with Gasteiger partial charge in [-0.1, -0.05) is 0 Å². The molecule has 2 aliphatic heterocycles. The van der Waals surface area contributed by atoms with Crippen molar-refractivity contribution in [2.24, 2.45) is 29.0 Å². The highest BCUT2D eigenvalue weighted by atomic mass is 35.5. The predicted octanol–water partition coefficient (Wildman–Crippen LogP) is 3.25. The molecule has 292 valence electrons. The topological polar surface area (TPSA) is 252 Å².